The molecule has 0 saturated heterocycles. The standard InChI is InChI=1S/C19H19ClN4O3S3/c1-12(2)11-28-19-23-22-18(29-19)21-17(25)15-9-8-13(10-16(15)20)24-30(26,27)14-6-4-3-5-7-14/h3-10,12,24H,11H2,1-2H3,(H,21,22,25). The highest BCUT2D eigenvalue weighted by molar-refractivity contribution is 8.01. The molecule has 0 fully saturated rings. The number of hydrogen-bond donors (Lipinski definition) is 2. The molecule has 0 aliphatic heterocycles. The van der Waals surface area contributed by atoms with Gasteiger partial charge in [0.2, 0.25) is 5.13 Å². The molecule has 2 aromatic carbocycles. The van der Waals surface area contributed by atoms with Gasteiger partial charge in [0.05, 0.1) is 21.2 Å². The summed E-state index contributed by atoms with van der Waals surface area (Å²) < 4.78 is 28.1. The fourth-order valence-electron chi connectivity index (χ4n) is 2.30. The molecule has 0 bridgehead atoms. The van der Waals surface area contributed by atoms with Gasteiger partial charge < -0.3 is 0 Å². The number of benzene rings is 2. The van der Waals surface area contributed by atoms with Crippen molar-refractivity contribution in [3.05, 3.63) is 59.1 Å². The van der Waals surface area contributed by atoms with Crippen molar-refractivity contribution in [1.82, 2.24) is 10.2 Å². The summed E-state index contributed by atoms with van der Waals surface area (Å²) in [5.74, 6) is 0.983. The van der Waals surface area contributed by atoms with Crippen molar-refractivity contribution in [2.75, 3.05) is 15.8 Å². The summed E-state index contributed by atoms with van der Waals surface area (Å²) in [6.07, 6.45) is 0. The number of hydrogen-bond acceptors (Lipinski definition) is 7. The number of aromatic nitrogens is 2. The minimum atomic E-state index is -3.75. The minimum Gasteiger partial charge on any atom is -0.296 e. The van der Waals surface area contributed by atoms with Crippen LogP contribution in [0.2, 0.25) is 5.02 Å². The highest BCUT2D eigenvalue weighted by Crippen LogP contribution is 2.28. The fourth-order valence-corrected chi connectivity index (χ4v) is 5.36. The Labute approximate surface area is 188 Å². The second-order valence-electron chi connectivity index (χ2n) is 6.65. The highest BCUT2D eigenvalue weighted by atomic mass is 35.5. The molecule has 1 aromatic heterocycles. The van der Waals surface area contributed by atoms with Crippen LogP contribution in [0.25, 0.3) is 0 Å². The predicted octanol–water partition coefficient (Wildman–Crippen LogP) is 4.99. The van der Waals surface area contributed by atoms with Crippen LogP contribution in [-0.4, -0.2) is 30.3 Å². The van der Waals surface area contributed by atoms with Crippen LogP contribution in [0, 0.1) is 5.92 Å². The Morgan fingerprint density at radius 2 is 1.90 bits per heavy atom. The van der Waals surface area contributed by atoms with E-state index in [-0.39, 0.29) is 21.2 Å². The number of sulfonamides is 1. The summed E-state index contributed by atoms with van der Waals surface area (Å²) in [6.45, 7) is 4.23. The van der Waals surface area contributed by atoms with Crippen molar-refractivity contribution in [2.45, 2.75) is 23.1 Å². The molecule has 0 aliphatic carbocycles. The van der Waals surface area contributed by atoms with Gasteiger partial charge in [-0.15, -0.1) is 10.2 Å². The first-order chi connectivity index (χ1) is 14.2. The molecule has 7 nitrogen and oxygen atoms in total. The number of carbonyl (C=O) groups is 1. The summed E-state index contributed by atoms with van der Waals surface area (Å²) in [5, 5.41) is 11.2. The zero-order chi connectivity index (χ0) is 21.7. The van der Waals surface area contributed by atoms with Gasteiger partial charge >= 0.3 is 0 Å². The first-order valence-electron chi connectivity index (χ1n) is 8.89. The summed E-state index contributed by atoms with van der Waals surface area (Å²) in [5.41, 5.74) is 0.453. The summed E-state index contributed by atoms with van der Waals surface area (Å²) in [7, 11) is -3.75. The van der Waals surface area contributed by atoms with Crippen molar-refractivity contribution in [2.24, 2.45) is 5.92 Å². The Morgan fingerprint density at radius 3 is 2.57 bits per heavy atom. The van der Waals surface area contributed by atoms with E-state index in [1.54, 1.807) is 30.0 Å². The molecule has 3 aromatic rings. The molecule has 2 N–H and O–H groups in total. The molecule has 11 heteroatoms. The van der Waals surface area contributed by atoms with E-state index in [9.17, 15) is 13.2 Å². The Bertz CT molecular complexity index is 1130. The maximum Gasteiger partial charge on any atom is 0.261 e. The monoisotopic (exact) mass is 482 g/mol. The van der Waals surface area contributed by atoms with Crippen LogP contribution in [0.15, 0.2) is 57.8 Å². The third kappa shape index (κ3) is 5.94. The van der Waals surface area contributed by atoms with Crippen LogP contribution in [0.1, 0.15) is 24.2 Å². The smallest absolute Gasteiger partial charge is 0.261 e. The van der Waals surface area contributed by atoms with E-state index in [1.807, 2.05) is 0 Å². The largest absolute Gasteiger partial charge is 0.296 e. The van der Waals surface area contributed by atoms with Crippen molar-refractivity contribution in [1.29, 1.82) is 0 Å². The Morgan fingerprint density at radius 1 is 1.17 bits per heavy atom. The van der Waals surface area contributed by atoms with E-state index in [0.29, 0.717) is 11.0 Å². The van der Waals surface area contributed by atoms with Gasteiger partial charge in [-0.2, -0.15) is 0 Å². The molecule has 0 radical (unpaired) electrons. The van der Waals surface area contributed by atoms with Crippen molar-refractivity contribution < 1.29 is 13.2 Å². The van der Waals surface area contributed by atoms with E-state index in [0.717, 1.165) is 10.1 Å². The van der Waals surface area contributed by atoms with Crippen LogP contribution in [0.3, 0.4) is 0 Å². The van der Waals surface area contributed by atoms with Crippen LogP contribution in [0.4, 0.5) is 10.8 Å². The third-order valence-corrected chi connectivity index (χ3v) is 7.80. The Kier molecular flexibility index (Phi) is 7.35. The molecular formula is C19H19ClN4O3S3. The number of carbonyl (C=O) groups excluding carboxylic acids is 1. The molecule has 0 saturated carbocycles. The summed E-state index contributed by atoms with van der Waals surface area (Å²) >= 11 is 9.09. The number of thioether (sulfide) groups is 1. The number of nitrogens with one attached hydrogen (secondary N) is 2. The average Bonchev–Trinajstić information content (AvgIpc) is 3.14. The first-order valence-corrected chi connectivity index (χ1v) is 12.6. The predicted molar refractivity (Wildman–Crippen MR) is 122 cm³/mol. The summed E-state index contributed by atoms with van der Waals surface area (Å²) in [6, 6.07) is 12.3. The van der Waals surface area contributed by atoms with E-state index in [2.05, 4.69) is 34.1 Å². The summed E-state index contributed by atoms with van der Waals surface area (Å²) in [4.78, 5) is 12.7. The molecule has 1 heterocycles. The lowest BCUT2D eigenvalue weighted by atomic mass is 10.2. The molecule has 0 spiro atoms. The van der Waals surface area contributed by atoms with E-state index < -0.39 is 15.9 Å². The van der Waals surface area contributed by atoms with Gasteiger partial charge in [0.25, 0.3) is 15.9 Å². The number of halogens is 1. The average molecular weight is 483 g/mol. The maximum absolute atomic E-state index is 12.5. The molecule has 158 valence electrons. The highest BCUT2D eigenvalue weighted by Gasteiger charge is 2.17. The second kappa shape index (κ2) is 9.78. The fraction of sp³-hybridized carbons (Fsp3) is 0.211. The minimum absolute atomic E-state index is 0.111. The Balaban J connectivity index is 1.68. The molecule has 0 unspecified atom stereocenters. The third-order valence-electron chi connectivity index (χ3n) is 3.69. The van der Waals surface area contributed by atoms with Crippen LogP contribution >= 0.6 is 34.7 Å². The molecule has 3 rings (SSSR count). The maximum atomic E-state index is 12.5. The molecule has 30 heavy (non-hydrogen) atoms. The molecule has 0 atom stereocenters. The zero-order valence-electron chi connectivity index (χ0n) is 16.1. The van der Waals surface area contributed by atoms with Crippen molar-refractivity contribution in [3.8, 4) is 0 Å². The Hall–Kier alpha value is -2.14. The SMILES string of the molecule is CC(C)CSc1nnc(NC(=O)c2ccc(NS(=O)(=O)c3ccccc3)cc2Cl)s1. The topological polar surface area (TPSA) is 101 Å². The second-order valence-corrected chi connectivity index (χ2v) is 11.0. The van der Waals surface area contributed by atoms with Gasteiger partial charge in [-0.1, -0.05) is 66.7 Å². The van der Waals surface area contributed by atoms with Crippen LogP contribution < -0.4 is 10.0 Å². The van der Waals surface area contributed by atoms with Crippen molar-refractivity contribution in [3.63, 3.8) is 0 Å². The molecule has 1 amide bonds. The van der Waals surface area contributed by atoms with Gasteiger partial charge in [-0.3, -0.25) is 14.8 Å². The first kappa shape index (κ1) is 22.5. The van der Waals surface area contributed by atoms with E-state index in [4.69, 9.17) is 11.6 Å². The van der Waals surface area contributed by atoms with E-state index in [1.165, 1.54) is 41.7 Å². The van der Waals surface area contributed by atoms with Gasteiger partial charge in [-0.05, 0) is 36.2 Å². The van der Waals surface area contributed by atoms with Gasteiger partial charge in [0.15, 0.2) is 4.34 Å². The lowest BCUT2D eigenvalue weighted by Gasteiger charge is -2.10. The zero-order valence-corrected chi connectivity index (χ0v) is 19.3. The number of anilines is 2. The molecular weight excluding hydrogens is 464 g/mol. The van der Waals surface area contributed by atoms with Crippen LogP contribution in [-0.2, 0) is 10.0 Å². The van der Waals surface area contributed by atoms with Crippen molar-refractivity contribution >= 4 is 61.4 Å². The van der Waals surface area contributed by atoms with Gasteiger partial charge in [0.1, 0.15) is 0 Å². The lowest BCUT2D eigenvalue weighted by molar-refractivity contribution is 0.102. The number of amides is 1. The quantitative estimate of drug-likeness (QED) is 0.346. The van der Waals surface area contributed by atoms with Gasteiger partial charge in [0, 0.05) is 5.75 Å². The number of rotatable bonds is 8. The van der Waals surface area contributed by atoms with E-state index >= 15 is 0 Å². The van der Waals surface area contributed by atoms with Crippen LogP contribution in [0.5, 0.6) is 0 Å². The van der Waals surface area contributed by atoms with Gasteiger partial charge in [-0.25, -0.2) is 8.42 Å². The number of nitrogens with zero attached hydrogens (tertiary/aromatic N) is 2. The normalized spacial score (nSPS) is 11.5. The lowest BCUT2D eigenvalue weighted by Crippen LogP contribution is -2.14. The molecule has 0 aliphatic rings.